The number of carbonyl (C=O) groups excluding carboxylic acids is 1. The number of benzene rings is 2. The smallest absolute Gasteiger partial charge is 0.385 e. The lowest BCUT2D eigenvalue weighted by molar-refractivity contribution is -0.138. The van der Waals surface area contributed by atoms with Gasteiger partial charge in [0.2, 0.25) is 0 Å². The Kier molecular flexibility index (Phi) is 7.44. The number of amides is 1. The van der Waals surface area contributed by atoms with Crippen molar-refractivity contribution in [3.8, 4) is 16.9 Å². The molecular weight excluding hydrogens is 485 g/mol. The van der Waals surface area contributed by atoms with Crippen LogP contribution in [-0.4, -0.2) is 44.4 Å². The van der Waals surface area contributed by atoms with Crippen molar-refractivity contribution >= 4 is 11.6 Å². The van der Waals surface area contributed by atoms with E-state index in [1.807, 2.05) is 20.9 Å². The Morgan fingerprint density at radius 1 is 1.14 bits per heavy atom. The van der Waals surface area contributed by atoms with Crippen LogP contribution in [0.3, 0.4) is 0 Å². The number of nitrogens with one attached hydrogen (secondary N) is 1. The molecule has 0 saturated heterocycles. The number of halogens is 3. The number of anilines is 1. The Balaban J connectivity index is 1.58. The molecule has 2 aromatic heterocycles. The van der Waals surface area contributed by atoms with E-state index in [0.29, 0.717) is 24.4 Å². The maximum atomic E-state index is 13.7. The summed E-state index contributed by atoms with van der Waals surface area (Å²) in [4.78, 5) is 13.0. The fourth-order valence-electron chi connectivity index (χ4n) is 4.00. The molecule has 1 amide bonds. The molecule has 0 aliphatic rings. The molecule has 0 unspecified atom stereocenters. The van der Waals surface area contributed by atoms with Crippen LogP contribution < -0.4 is 5.32 Å². The standard InChI is InChI=1S/C26H27F3N6O2/c1-16-7-8-19(12-24(16)35-15-23(32-33-35)21-14-30-34(3)17(21)2)25(36)31-20-10-9-18(6-5-11-37-4)22(13-20)26(27,28)29/h7-10,12-15H,5-6,11H2,1-4H3,(H,31,36). The van der Waals surface area contributed by atoms with E-state index in [4.69, 9.17) is 4.74 Å². The van der Waals surface area contributed by atoms with Crippen molar-refractivity contribution < 1.29 is 22.7 Å². The molecule has 0 radical (unpaired) electrons. The molecule has 0 spiro atoms. The number of hydrogen-bond donors (Lipinski definition) is 1. The summed E-state index contributed by atoms with van der Waals surface area (Å²) in [6.45, 7) is 4.15. The van der Waals surface area contributed by atoms with E-state index < -0.39 is 17.6 Å². The monoisotopic (exact) mass is 512 g/mol. The number of aromatic nitrogens is 5. The lowest BCUT2D eigenvalue weighted by atomic mass is 10.0. The van der Waals surface area contributed by atoms with E-state index in [1.165, 1.54) is 19.2 Å². The van der Waals surface area contributed by atoms with Gasteiger partial charge in [-0.2, -0.15) is 18.3 Å². The largest absolute Gasteiger partial charge is 0.416 e. The second-order valence-electron chi connectivity index (χ2n) is 8.74. The summed E-state index contributed by atoms with van der Waals surface area (Å²) in [6.07, 6.45) is -0.416. The zero-order valence-electron chi connectivity index (χ0n) is 20.9. The van der Waals surface area contributed by atoms with Gasteiger partial charge in [0.05, 0.1) is 23.6 Å². The van der Waals surface area contributed by atoms with Crippen molar-refractivity contribution in [2.24, 2.45) is 7.05 Å². The number of aryl methyl sites for hydroxylation is 3. The van der Waals surface area contributed by atoms with Crippen LogP contribution in [0.1, 0.15) is 39.2 Å². The molecule has 11 heteroatoms. The summed E-state index contributed by atoms with van der Waals surface area (Å²) in [5, 5.41) is 15.2. The molecular formula is C26H27F3N6O2. The van der Waals surface area contributed by atoms with Crippen molar-refractivity contribution in [1.82, 2.24) is 24.8 Å². The Labute approximate surface area is 212 Å². The summed E-state index contributed by atoms with van der Waals surface area (Å²) in [5.41, 5.74) is 3.58. The normalized spacial score (nSPS) is 11.6. The molecule has 0 fully saturated rings. The molecule has 2 aromatic carbocycles. The van der Waals surface area contributed by atoms with E-state index in [1.54, 1.807) is 40.0 Å². The fourth-order valence-corrected chi connectivity index (χ4v) is 4.00. The van der Waals surface area contributed by atoms with Gasteiger partial charge in [0.15, 0.2) is 0 Å². The maximum absolute atomic E-state index is 13.7. The quantitative estimate of drug-likeness (QED) is 0.331. The predicted molar refractivity (Wildman–Crippen MR) is 133 cm³/mol. The second kappa shape index (κ2) is 10.6. The van der Waals surface area contributed by atoms with Gasteiger partial charge in [-0.3, -0.25) is 9.48 Å². The highest BCUT2D eigenvalue weighted by atomic mass is 19.4. The van der Waals surface area contributed by atoms with Crippen molar-refractivity contribution in [3.05, 3.63) is 76.7 Å². The molecule has 0 bridgehead atoms. The first-order chi connectivity index (χ1) is 17.6. The SMILES string of the molecule is COCCCc1ccc(NC(=O)c2ccc(C)c(-n3cc(-c4cnn(C)c4C)nn3)c2)cc1C(F)(F)F. The molecule has 37 heavy (non-hydrogen) atoms. The van der Waals surface area contributed by atoms with Gasteiger partial charge >= 0.3 is 6.18 Å². The van der Waals surface area contributed by atoms with Crippen LogP contribution in [0.5, 0.6) is 0 Å². The predicted octanol–water partition coefficient (Wildman–Crippen LogP) is 5.13. The van der Waals surface area contributed by atoms with Gasteiger partial charge in [-0.15, -0.1) is 5.10 Å². The van der Waals surface area contributed by atoms with Gasteiger partial charge in [-0.25, -0.2) is 4.68 Å². The van der Waals surface area contributed by atoms with E-state index in [2.05, 4.69) is 20.7 Å². The van der Waals surface area contributed by atoms with E-state index in [9.17, 15) is 18.0 Å². The highest BCUT2D eigenvalue weighted by Gasteiger charge is 2.33. The number of nitrogens with zero attached hydrogens (tertiary/aromatic N) is 5. The third kappa shape index (κ3) is 5.72. The molecule has 1 N–H and O–H groups in total. The number of methoxy groups -OCH3 is 1. The average molecular weight is 513 g/mol. The van der Waals surface area contributed by atoms with Crippen molar-refractivity contribution in [2.75, 3.05) is 19.0 Å². The van der Waals surface area contributed by atoms with E-state index in [0.717, 1.165) is 22.9 Å². The molecule has 4 aromatic rings. The summed E-state index contributed by atoms with van der Waals surface area (Å²) in [5.74, 6) is -0.537. The van der Waals surface area contributed by atoms with Crippen LogP contribution in [0.25, 0.3) is 16.9 Å². The lowest BCUT2D eigenvalue weighted by Crippen LogP contribution is -2.15. The third-order valence-corrected chi connectivity index (χ3v) is 6.19. The van der Waals surface area contributed by atoms with Gasteiger partial charge in [-0.05, 0) is 62.1 Å². The van der Waals surface area contributed by atoms with Gasteiger partial charge in [0.1, 0.15) is 5.69 Å². The Morgan fingerprint density at radius 3 is 2.59 bits per heavy atom. The van der Waals surface area contributed by atoms with Crippen LogP contribution in [0.4, 0.5) is 18.9 Å². The van der Waals surface area contributed by atoms with Crippen LogP contribution in [0.2, 0.25) is 0 Å². The van der Waals surface area contributed by atoms with Gasteiger partial charge in [-0.1, -0.05) is 17.3 Å². The van der Waals surface area contributed by atoms with Crippen LogP contribution in [-0.2, 0) is 24.4 Å². The summed E-state index contributed by atoms with van der Waals surface area (Å²) >= 11 is 0. The lowest BCUT2D eigenvalue weighted by Gasteiger charge is -2.15. The minimum absolute atomic E-state index is 0.0602. The summed E-state index contributed by atoms with van der Waals surface area (Å²) in [7, 11) is 3.34. The molecule has 0 saturated carbocycles. The molecule has 8 nitrogen and oxygen atoms in total. The number of alkyl halides is 3. The molecule has 4 rings (SSSR count). The van der Waals surface area contributed by atoms with Crippen LogP contribution >= 0.6 is 0 Å². The molecule has 2 heterocycles. The van der Waals surface area contributed by atoms with Gasteiger partial charge in [0, 0.05) is 43.3 Å². The van der Waals surface area contributed by atoms with Crippen LogP contribution in [0.15, 0.2) is 48.8 Å². The minimum atomic E-state index is -4.54. The number of hydrogen-bond acceptors (Lipinski definition) is 5. The highest BCUT2D eigenvalue weighted by Crippen LogP contribution is 2.34. The first-order valence-electron chi connectivity index (χ1n) is 11.6. The molecule has 0 atom stereocenters. The Hall–Kier alpha value is -3.99. The van der Waals surface area contributed by atoms with Crippen LogP contribution in [0, 0.1) is 13.8 Å². The van der Waals surface area contributed by atoms with E-state index >= 15 is 0 Å². The average Bonchev–Trinajstić information content (AvgIpc) is 3.46. The van der Waals surface area contributed by atoms with Gasteiger partial charge in [0.25, 0.3) is 5.91 Å². The number of carbonyl (C=O) groups is 1. The third-order valence-electron chi connectivity index (χ3n) is 6.19. The molecule has 194 valence electrons. The zero-order valence-corrected chi connectivity index (χ0v) is 20.9. The van der Waals surface area contributed by atoms with E-state index in [-0.39, 0.29) is 23.2 Å². The maximum Gasteiger partial charge on any atom is 0.416 e. The minimum Gasteiger partial charge on any atom is -0.385 e. The number of rotatable bonds is 8. The van der Waals surface area contributed by atoms with Crippen molar-refractivity contribution in [3.63, 3.8) is 0 Å². The Bertz CT molecular complexity index is 1420. The number of ether oxygens (including phenoxy) is 1. The molecule has 0 aliphatic carbocycles. The first-order valence-corrected chi connectivity index (χ1v) is 11.6. The second-order valence-corrected chi connectivity index (χ2v) is 8.74. The van der Waals surface area contributed by atoms with Crippen molar-refractivity contribution in [2.45, 2.75) is 32.9 Å². The summed E-state index contributed by atoms with van der Waals surface area (Å²) in [6, 6.07) is 8.83. The van der Waals surface area contributed by atoms with Gasteiger partial charge < -0.3 is 10.1 Å². The topological polar surface area (TPSA) is 86.9 Å². The highest BCUT2D eigenvalue weighted by molar-refractivity contribution is 6.04. The zero-order chi connectivity index (χ0) is 26.7. The van der Waals surface area contributed by atoms with Crippen molar-refractivity contribution in [1.29, 1.82) is 0 Å². The Morgan fingerprint density at radius 2 is 1.92 bits per heavy atom. The fraction of sp³-hybridized carbons (Fsp3) is 0.308. The first kappa shape index (κ1) is 26.1. The summed E-state index contributed by atoms with van der Waals surface area (Å²) < 4.78 is 49.2. The molecule has 0 aliphatic heterocycles.